The number of carbonyl (C=O) groups excluding carboxylic acids is 3. The molecule has 2 aliphatic rings. The monoisotopic (exact) mass is 480 g/mol. The molecule has 0 amide bonds. The van der Waals surface area contributed by atoms with Crippen molar-refractivity contribution in [1.82, 2.24) is 0 Å². The minimum atomic E-state index is -1.64. The van der Waals surface area contributed by atoms with E-state index < -0.39 is 22.7 Å². The zero-order chi connectivity index (χ0) is 24.4. The van der Waals surface area contributed by atoms with Crippen LogP contribution in [-0.2, 0) is 4.79 Å². The summed E-state index contributed by atoms with van der Waals surface area (Å²) in [6, 6.07) is 26.7. The van der Waals surface area contributed by atoms with Crippen LogP contribution in [0.25, 0.3) is 10.8 Å². The highest BCUT2D eigenvalue weighted by molar-refractivity contribution is 6.31. The molecule has 5 heteroatoms. The minimum Gasteiger partial charge on any atom is -0.425 e. The van der Waals surface area contributed by atoms with E-state index >= 15 is 0 Å². The van der Waals surface area contributed by atoms with Gasteiger partial charge in [-0.1, -0.05) is 79.2 Å². The van der Waals surface area contributed by atoms with Crippen molar-refractivity contribution in [3.63, 3.8) is 0 Å². The lowest BCUT2D eigenvalue weighted by atomic mass is 9.79. The van der Waals surface area contributed by atoms with Gasteiger partial charge in [-0.05, 0) is 47.5 Å². The second kappa shape index (κ2) is 7.62. The molecule has 3 atom stereocenters. The van der Waals surface area contributed by atoms with Crippen LogP contribution in [0.3, 0.4) is 0 Å². The molecule has 0 bridgehead atoms. The fraction of sp³-hybridized carbons (Fsp3) is 0.167. The number of benzene rings is 4. The van der Waals surface area contributed by atoms with Crippen LogP contribution >= 0.6 is 11.6 Å². The van der Waals surface area contributed by atoms with Gasteiger partial charge in [-0.2, -0.15) is 0 Å². The minimum absolute atomic E-state index is 0.247. The first-order valence-electron chi connectivity index (χ1n) is 11.6. The molecule has 6 rings (SSSR count). The van der Waals surface area contributed by atoms with Gasteiger partial charge in [0, 0.05) is 27.6 Å². The van der Waals surface area contributed by atoms with Gasteiger partial charge in [-0.3, -0.25) is 14.4 Å². The van der Waals surface area contributed by atoms with Crippen molar-refractivity contribution >= 4 is 39.9 Å². The van der Waals surface area contributed by atoms with E-state index in [1.54, 1.807) is 54.6 Å². The van der Waals surface area contributed by atoms with Crippen molar-refractivity contribution in [1.29, 1.82) is 0 Å². The largest absolute Gasteiger partial charge is 0.425 e. The Morgan fingerprint density at radius 1 is 0.829 bits per heavy atom. The van der Waals surface area contributed by atoms with Crippen LogP contribution in [0, 0.1) is 10.8 Å². The summed E-state index contributed by atoms with van der Waals surface area (Å²) < 4.78 is 5.87. The van der Waals surface area contributed by atoms with E-state index in [0.29, 0.717) is 28.3 Å². The van der Waals surface area contributed by atoms with Crippen LogP contribution in [0.15, 0.2) is 91.0 Å². The van der Waals surface area contributed by atoms with Crippen LogP contribution in [0.4, 0.5) is 0 Å². The van der Waals surface area contributed by atoms with Crippen LogP contribution in [0.5, 0.6) is 5.75 Å². The molecule has 1 saturated carbocycles. The van der Waals surface area contributed by atoms with E-state index in [9.17, 15) is 14.4 Å². The van der Waals surface area contributed by atoms with Gasteiger partial charge in [-0.15, -0.1) is 0 Å². The maximum absolute atomic E-state index is 14.3. The number of ketones is 2. The molecule has 0 unspecified atom stereocenters. The van der Waals surface area contributed by atoms with Crippen molar-refractivity contribution in [2.75, 3.05) is 0 Å². The first kappa shape index (κ1) is 21.8. The maximum atomic E-state index is 14.3. The number of halogens is 1. The van der Waals surface area contributed by atoms with Crippen molar-refractivity contribution < 1.29 is 19.1 Å². The van der Waals surface area contributed by atoms with Crippen LogP contribution in [0.2, 0.25) is 5.02 Å². The highest BCUT2D eigenvalue weighted by Crippen LogP contribution is 2.81. The topological polar surface area (TPSA) is 60.4 Å². The predicted octanol–water partition coefficient (Wildman–Crippen LogP) is 6.66. The Hall–Kier alpha value is -3.76. The molecular weight excluding hydrogens is 460 g/mol. The highest BCUT2D eigenvalue weighted by atomic mass is 35.5. The van der Waals surface area contributed by atoms with Crippen LogP contribution in [-0.4, -0.2) is 17.5 Å². The van der Waals surface area contributed by atoms with E-state index in [4.69, 9.17) is 16.3 Å². The molecule has 0 radical (unpaired) electrons. The smallest absolute Gasteiger partial charge is 0.327 e. The SMILES string of the molecule is CC[C@]1(C(=O)c2ccc(Cl)cc2)[C@H]2c3c(ccc4ccccc34)OC(=O)[C@]21C(=O)c1ccccc1. The zero-order valence-electron chi connectivity index (χ0n) is 19.0. The molecular formula is C30H21ClO4. The predicted molar refractivity (Wildman–Crippen MR) is 134 cm³/mol. The summed E-state index contributed by atoms with van der Waals surface area (Å²) in [4.78, 5) is 42.3. The molecule has 0 saturated heterocycles. The molecule has 4 aromatic rings. The van der Waals surface area contributed by atoms with E-state index in [1.807, 2.05) is 43.3 Å². The molecule has 35 heavy (non-hydrogen) atoms. The molecule has 1 aliphatic carbocycles. The number of fused-ring (bicyclic) bond motifs is 5. The Labute approximate surface area is 207 Å². The van der Waals surface area contributed by atoms with E-state index in [1.165, 1.54) is 0 Å². The first-order valence-corrected chi connectivity index (χ1v) is 12.0. The molecule has 4 aromatic carbocycles. The second-order valence-corrected chi connectivity index (χ2v) is 9.62. The Balaban J connectivity index is 1.65. The van der Waals surface area contributed by atoms with E-state index in [-0.39, 0.29) is 11.6 Å². The summed E-state index contributed by atoms with van der Waals surface area (Å²) >= 11 is 6.08. The molecule has 1 fully saturated rings. The van der Waals surface area contributed by atoms with Gasteiger partial charge in [0.05, 0.1) is 5.41 Å². The summed E-state index contributed by atoms with van der Waals surface area (Å²) in [5.74, 6) is -1.52. The molecule has 1 heterocycles. The summed E-state index contributed by atoms with van der Waals surface area (Å²) in [5, 5.41) is 2.35. The maximum Gasteiger partial charge on any atom is 0.327 e. The average molecular weight is 481 g/mol. The van der Waals surface area contributed by atoms with Gasteiger partial charge in [0.15, 0.2) is 17.0 Å². The van der Waals surface area contributed by atoms with Gasteiger partial charge in [0.25, 0.3) is 0 Å². The molecule has 0 N–H and O–H groups in total. The third-order valence-corrected chi connectivity index (χ3v) is 8.01. The van der Waals surface area contributed by atoms with Gasteiger partial charge in [-0.25, -0.2) is 0 Å². The number of ether oxygens (including phenoxy) is 1. The van der Waals surface area contributed by atoms with Gasteiger partial charge < -0.3 is 4.74 Å². The number of esters is 1. The summed E-state index contributed by atoms with van der Waals surface area (Å²) in [7, 11) is 0. The van der Waals surface area contributed by atoms with Gasteiger partial charge in [0.2, 0.25) is 0 Å². The number of hydrogen-bond donors (Lipinski definition) is 0. The van der Waals surface area contributed by atoms with Gasteiger partial charge >= 0.3 is 5.97 Å². The quantitative estimate of drug-likeness (QED) is 0.139. The Morgan fingerprint density at radius 3 is 2.20 bits per heavy atom. The third kappa shape index (κ3) is 2.72. The number of hydrogen-bond acceptors (Lipinski definition) is 4. The van der Waals surface area contributed by atoms with Crippen molar-refractivity contribution in [3.8, 4) is 5.75 Å². The standard InChI is InChI=1S/C30H21ClO4/c1-2-29(26(32)20-12-15-21(31)16-13-20)25-24-22-11-7-6-8-18(22)14-17-23(24)35-28(34)30(25,29)27(33)19-9-4-3-5-10-19/h3-17,25H,2H2,1H3/t25-,29-,30-/m1/s1. The lowest BCUT2D eigenvalue weighted by molar-refractivity contribution is -0.140. The highest BCUT2D eigenvalue weighted by Gasteiger charge is 2.89. The van der Waals surface area contributed by atoms with Crippen molar-refractivity contribution in [2.24, 2.45) is 10.8 Å². The first-order chi connectivity index (χ1) is 17.0. The lowest BCUT2D eigenvalue weighted by Crippen LogP contribution is -2.39. The fourth-order valence-electron chi connectivity index (χ4n) is 6.20. The van der Waals surface area contributed by atoms with Crippen molar-refractivity contribution in [2.45, 2.75) is 19.3 Å². The number of carbonyl (C=O) groups is 3. The number of rotatable bonds is 5. The van der Waals surface area contributed by atoms with Crippen LogP contribution in [0.1, 0.15) is 45.5 Å². The molecule has 4 nitrogen and oxygen atoms in total. The van der Waals surface area contributed by atoms with E-state index in [2.05, 4.69) is 0 Å². The van der Waals surface area contributed by atoms with Crippen LogP contribution < -0.4 is 4.74 Å². The average Bonchev–Trinajstić information content (AvgIpc) is 3.54. The van der Waals surface area contributed by atoms with Gasteiger partial charge in [0.1, 0.15) is 5.75 Å². The molecule has 172 valence electrons. The zero-order valence-corrected chi connectivity index (χ0v) is 19.7. The Kier molecular flexibility index (Phi) is 4.74. The summed E-state index contributed by atoms with van der Waals surface area (Å²) in [6.07, 6.45) is 0.301. The Morgan fingerprint density at radius 2 is 1.49 bits per heavy atom. The molecule has 0 spiro atoms. The van der Waals surface area contributed by atoms with E-state index in [0.717, 1.165) is 16.3 Å². The molecule has 0 aromatic heterocycles. The number of Topliss-reactive ketones (excluding diaryl/α,β-unsaturated/α-hetero) is 2. The van der Waals surface area contributed by atoms with Crippen molar-refractivity contribution in [3.05, 3.63) is 113 Å². The third-order valence-electron chi connectivity index (χ3n) is 7.75. The normalized spacial score (nSPS) is 24.3. The second-order valence-electron chi connectivity index (χ2n) is 9.19. The lowest BCUT2D eigenvalue weighted by Gasteiger charge is -2.24. The summed E-state index contributed by atoms with van der Waals surface area (Å²) in [5.41, 5.74) is -1.37. The summed E-state index contributed by atoms with van der Waals surface area (Å²) in [6.45, 7) is 1.87. The molecule has 1 aliphatic heterocycles. The fourth-order valence-corrected chi connectivity index (χ4v) is 6.32. The Bertz CT molecular complexity index is 1530.